The van der Waals surface area contributed by atoms with E-state index in [4.69, 9.17) is 0 Å². The molecule has 0 bridgehead atoms. The fourth-order valence-electron chi connectivity index (χ4n) is 3.39. The van der Waals surface area contributed by atoms with Crippen LogP contribution >= 0.6 is 11.3 Å². The van der Waals surface area contributed by atoms with E-state index in [9.17, 15) is 4.79 Å². The summed E-state index contributed by atoms with van der Waals surface area (Å²) in [7, 11) is 0. The van der Waals surface area contributed by atoms with Gasteiger partial charge in [-0.1, -0.05) is 36.8 Å². The van der Waals surface area contributed by atoms with Crippen LogP contribution in [0.2, 0.25) is 0 Å². The third kappa shape index (κ3) is 5.68. The smallest absolute Gasteiger partial charge is 0.226 e. The first-order valence-electron chi connectivity index (χ1n) is 10.1. The second kappa shape index (κ2) is 9.71. The van der Waals surface area contributed by atoms with E-state index in [1.165, 1.54) is 35.4 Å². The molecule has 0 saturated carbocycles. The van der Waals surface area contributed by atoms with Crippen LogP contribution in [-0.2, 0) is 17.9 Å². The van der Waals surface area contributed by atoms with E-state index >= 15 is 0 Å². The van der Waals surface area contributed by atoms with Gasteiger partial charge in [-0.2, -0.15) is 4.80 Å². The number of piperidine rings is 1. The highest BCUT2D eigenvalue weighted by Gasteiger charge is 2.13. The summed E-state index contributed by atoms with van der Waals surface area (Å²) in [5.74, 6) is 0.561. The highest BCUT2D eigenvalue weighted by Crippen LogP contribution is 2.19. The minimum Gasteiger partial charge on any atom is -0.302 e. The molecule has 1 aliphatic rings. The van der Waals surface area contributed by atoms with Gasteiger partial charge in [-0.05, 0) is 37.6 Å². The Morgan fingerprint density at radius 3 is 2.79 bits per heavy atom. The molecule has 9 heteroatoms. The number of amides is 1. The van der Waals surface area contributed by atoms with Crippen LogP contribution in [0.5, 0.6) is 0 Å². The van der Waals surface area contributed by atoms with Crippen LogP contribution in [0.3, 0.4) is 0 Å². The van der Waals surface area contributed by atoms with E-state index in [2.05, 4.69) is 30.6 Å². The summed E-state index contributed by atoms with van der Waals surface area (Å²) in [5, 5.41) is 18.1. The number of anilines is 1. The summed E-state index contributed by atoms with van der Waals surface area (Å²) in [4.78, 5) is 20.7. The molecular weight excluding hydrogens is 386 g/mol. The fraction of sp³-hybridized carbons (Fsp3) is 0.450. The topological polar surface area (TPSA) is 88.8 Å². The standard InChI is InChI=1S/C20H25N7OS/c28-18(22-20-21-17(15-29-20)14-26-11-5-2-6-12-26)10-7-13-27-24-19(23-25-27)16-8-3-1-4-9-16/h1,3-4,8-9,15H,2,5-7,10-14H2,(H,21,22,28). The second-order valence-corrected chi connectivity index (χ2v) is 8.07. The number of aryl methyl sites for hydroxylation is 1. The lowest BCUT2D eigenvalue weighted by atomic mass is 10.1. The number of likely N-dealkylation sites (tertiary alicyclic amines) is 1. The second-order valence-electron chi connectivity index (χ2n) is 7.21. The Hall–Kier alpha value is -2.65. The van der Waals surface area contributed by atoms with Crippen LogP contribution < -0.4 is 5.32 Å². The number of hydrogen-bond acceptors (Lipinski definition) is 7. The first-order chi connectivity index (χ1) is 14.3. The van der Waals surface area contributed by atoms with Gasteiger partial charge in [0.25, 0.3) is 0 Å². The number of thiazole rings is 1. The Morgan fingerprint density at radius 1 is 1.14 bits per heavy atom. The molecule has 0 radical (unpaired) electrons. The van der Waals surface area contributed by atoms with Gasteiger partial charge in [0, 0.05) is 23.9 Å². The summed E-state index contributed by atoms with van der Waals surface area (Å²) in [6, 6.07) is 9.73. The lowest BCUT2D eigenvalue weighted by Crippen LogP contribution is -2.29. The van der Waals surface area contributed by atoms with Crippen LogP contribution in [0.4, 0.5) is 5.13 Å². The predicted octanol–water partition coefficient (Wildman–Crippen LogP) is 3.20. The SMILES string of the molecule is O=C(CCCn1nnc(-c2ccccc2)n1)Nc1nc(CN2CCCCC2)cs1. The number of carbonyl (C=O) groups is 1. The van der Waals surface area contributed by atoms with Crippen molar-refractivity contribution in [3.8, 4) is 11.4 Å². The summed E-state index contributed by atoms with van der Waals surface area (Å²) < 4.78 is 0. The first kappa shape index (κ1) is 19.7. The van der Waals surface area contributed by atoms with Crippen molar-refractivity contribution in [2.24, 2.45) is 0 Å². The first-order valence-corrected chi connectivity index (χ1v) is 10.9. The lowest BCUT2D eigenvalue weighted by Gasteiger charge is -2.25. The molecule has 8 nitrogen and oxygen atoms in total. The van der Waals surface area contributed by atoms with Crippen LogP contribution in [0, 0.1) is 0 Å². The van der Waals surface area contributed by atoms with Crippen molar-refractivity contribution in [1.82, 2.24) is 30.1 Å². The largest absolute Gasteiger partial charge is 0.302 e. The lowest BCUT2D eigenvalue weighted by molar-refractivity contribution is -0.116. The number of hydrogen-bond donors (Lipinski definition) is 1. The van der Waals surface area contributed by atoms with Gasteiger partial charge in [-0.25, -0.2) is 4.98 Å². The number of nitrogens with zero attached hydrogens (tertiary/aromatic N) is 6. The third-order valence-electron chi connectivity index (χ3n) is 4.88. The maximum Gasteiger partial charge on any atom is 0.226 e. The van der Waals surface area contributed by atoms with Gasteiger partial charge in [-0.15, -0.1) is 21.5 Å². The number of nitrogens with one attached hydrogen (secondary N) is 1. The van der Waals surface area contributed by atoms with E-state index in [0.29, 0.717) is 30.3 Å². The monoisotopic (exact) mass is 411 g/mol. The maximum absolute atomic E-state index is 12.2. The van der Waals surface area contributed by atoms with Gasteiger partial charge in [0.15, 0.2) is 5.13 Å². The van der Waals surface area contributed by atoms with Gasteiger partial charge < -0.3 is 5.32 Å². The minimum atomic E-state index is -0.0349. The molecule has 1 fully saturated rings. The molecule has 3 heterocycles. The van der Waals surface area contributed by atoms with E-state index in [0.717, 1.165) is 30.9 Å². The van der Waals surface area contributed by atoms with Crippen LogP contribution in [0.1, 0.15) is 37.8 Å². The summed E-state index contributed by atoms with van der Waals surface area (Å²) in [6.07, 6.45) is 4.89. The normalized spacial score (nSPS) is 14.8. The zero-order valence-electron chi connectivity index (χ0n) is 16.3. The van der Waals surface area contributed by atoms with Crippen molar-refractivity contribution in [2.45, 2.75) is 45.2 Å². The van der Waals surface area contributed by atoms with E-state index in [1.807, 2.05) is 35.7 Å². The zero-order valence-corrected chi connectivity index (χ0v) is 17.1. The molecule has 1 N–H and O–H groups in total. The number of tetrazole rings is 1. The molecule has 3 aromatic rings. The molecule has 152 valence electrons. The molecule has 1 saturated heterocycles. The third-order valence-corrected chi connectivity index (χ3v) is 5.69. The average molecular weight is 412 g/mol. The maximum atomic E-state index is 12.2. The molecule has 4 rings (SSSR count). The number of aromatic nitrogens is 5. The molecular formula is C20H25N7OS. The summed E-state index contributed by atoms with van der Waals surface area (Å²) >= 11 is 1.49. The van der Waals surface area contributed by atoms with Crippen molar-refractivity contribution in [3.63, 3.8) is 0 Å². The van der Waals surface area contributed by atoms with Crippen molar-refractivity contribution in [3.05, 3.63) is 41.4 Å². The Balaban J connectivity index is 1.20. The zero-order chi connectivity index (χ0) is 19.9. The Bertz CT molecular complexity index is 918. The van der Waals surface area contributed by atoms with Crippen molar-refractivity contribution >= 4 is 22.4 Å². The number of rotatable bonds is 8. The van der Waals surface area contributed by atoms with Crippen LogP contribution in [0.25, 0.3) is 11.4 Å². The van der Waals surface area contributed by atoms with E-state index in [-0.39, 0.29) is 5.91 Å². The Labute approximate surface area is 174 Å². The molecule has 0 unspecified atom stereocenters. The molecule has 0 atom stereocenters. The summed E-state index contributed by atoms with van der Waals surface area (Å²) in [5.41, 5.74) is 1.97. The van der Waals surface area contributed by atoms with Crippen molar-refractivity contribution < 1.29 is 4.79 Å². The van der Waals surface area contributed by atoms with Crippen molar-refractivity contribution in [2.75, 3.05) is 18.4 Å². The highest BCUT2D eigenvalue weighted by molar-refractivity contribution is 7.13. The summed E-state index contributed by atoms with van der Waals surface area (Å²) in [6.45, 7) is 3.70. The fourth-order valence-corrected chi connectivity index (χ4v) is 4.10. The molecule has 0 spiro atoms. The quantitative estimate of drug-likeness (QED) is 0.612. The molecule has 1 aromatic carbocycles. The molecule has 2 aromatic heterocycles. The van der Waals surface area contributed by atoms with Crippen LogP contribution in [-0.4, -0.2) is 49.1 Å². The molecule has 29 heavy (non-hydrogen) atoms. The van der Waals surface area contributed by atoms with Gasteiger partial charge in [-0.3, -0.25) is 9.69 Å². The van der Waals surface area contributed by atoms with Gasteiger partial charge in [0.05, 0.1) is 12.2 Å². The number of benzene rings is 1. The molecule has 0 aliphatic carbocycles. The Kier molecular flexibility index (Phi) is 6.58. The minimum absolute atomic E-state index is 0.0349. The Morgan fingerprint density at radius 2 is 1.97 bits per heavy atom. The molecule has 1 amide bonds. The predicted molar refractivity (Wildman–Crippen MR) is 112 cm³/mol. The van der Waals surface area contributed by atoms with Crippen LogP contribution in [0.15, 0.2) is 35.7 Å². The highest BCUT2D eigenvalue weighted by atomic mass is 32.1. The van der Waals surface area contributed by atoms with Gasteiger partial charge >= 0.3 is 0 Å². The van der Waals surface area contributed by atoms with Gasteiger partial charge in [0.2, 0.25) is 11.7 Å². The average Bonchev–Trinajstić information content (AvgIpc) is 3.39. The van der Waals surface area contributed by atoms with E-state index < -0.39 is 0 Å². The number of carbonyl (C=O) groups excluding carboxylic acids is 1. The van der Waals surface area contributed by atoms with Crippen molar-refractivity contribution in [1.29, 1.82) is 0 Å². The van der Waals surface area contributed by atoms with E-state index in [1.54, 1.807) is 0 Å². The molecule has 1 aliphatic heterocycles. The van der Waals surface area contributed by atoms with Gasteiger partial charge in [0.1, 0.15) is 0 Å².